The molecular formula is C49H49NO7Si. The van der Waals surface area contributed by atoms with E-state index in [0.717, 1.165) is 49.0 Å². The molecule has 0 unspecified atom stereocenters. The number of rotatable bonds is 10. The highest BCUT2D eigenvalue weighted by Crippen LogP contribution is 2.51. The number of methoxy groups -OCH3 is 1. The molecule has 1 N–H and O–H groups in total. The molecule has 3 aliphatic rings. The lowest BCUT2D eigenvalue weighted by Crippen LogP contribution is -2.66. The molecule has 8 rings (SSSR count). The first-order valence-corrected chi connectivity index (χ1v) is 21.9. The maximum atomic E-state index is 14.0. The average molecular weight is 792 g/mol. The Bertz CT molecular complexity index is 2360. The van der Waals surface area contributed by atoms with Gasteiger partial charge in [0.25, 0.3) is 8.32 Å². The Morgan fingerprint density at radius 3 is 2.03 bits per heavy atom. The Hall–Kier alpha value is -5.61. The highest BCUT2D eigenvalue weighted by atomic mass is 28.4. The van der Waals surface area contributed by atoms with Crippen LogP contribution in [0.5, 0.6) is 5.75 Å². The molecule has 5 aromatic rings. The number of likely N-dealkylation sites (tertiary alicyclic amines) is 1. The van der Waals surface area contributed by atoms with Crippen LogP contribution >= 0.6 is 0 Å². The molecule has 296 valence electrons. The summed E-state index contributed by atoms with van der Waals surface area (Å²) >= 11 is 0. The number of carbonyl (C=O) groups is 3. The standard InChI is InChI=1S/C49H49NO7Si/c1-49(2,3)58(36-18-10-6-11-19-36,37-20-12-7-13-21-37)57-30-35-29-40-45(47(53)50(46(40)52)48(54)55-4)41-31-56-43(44(35)41)27-25-33(32-16-8-5-9-17-32)28-34-24-26-42(51)39-23-15-14-22-38(34)39/h5-24,26,28,40-41,43,45,51H,25,27,29-31H2,1-4H3/b33-28-/t40-,41+,43-,45-/m1/s1. The number of phenols is 1. The molecule has 0 bridgehead atoms. The number of nitrogens with zero attached hydrogens (tertiary/aromatic N) is 1. The second-order valence-corrected chi connectivity index (χ2v) is 20.9. The molecule has 3 amide bonds. The van der Waals surface area contributed by atoms with Gasteiger partial charge in [-0.15, -0.1) is 0 Å². The molecule has 58 heavy (non-hydrogen) atoms. The minimum atomic E-state index is -2.99. The fourth-order valence-electron chi connectivity index (χ4n) is 9.69. The van der Waals surface area contributed by atoms with Crippen molar-refractivity contribution in [2.24, 2.45) is 17.8 Å². The van der Waals surface area contributed by atoms with E-state index in [9.17, 15) is 19.5 Å². The SMILES string of the molecule is COC(=O)N1C(=O)[C@@H]2[C@@H](CC(CO[Si](c3ccccc3)(c3ccccc3)C(C)(C)C)=C3[C@@H](CC/C(=C/c4ccc(O)c5ccccc45)c4ccccc4)OC[C@@H]32)C1=O. The molecule has 4 atom stereocenters. The van der Waals surface area contributed by atoms with E-state index in [1.54, 1.807) is 6.07 Å². The van der Waals surface area contributed by atoms with Crippen molar-refractivity contribution in [3.63, 3.8) is 0 Å². The van der Waals surface area contributed by atoms with Crippen molar-refractivity contribution < 1.29 is 33.4 Å². The van der Waals surface area contributed by atoms with Crippen LogP contribution in [-0.4, -0.2) is 62.7 Å². The predicted octanol–water partition coefficient (Wildman–Crippen LogP) is 8.53. The van der Waals surface area contributed by atoms with Gasteiger partial charge in [-0.1, -0.05) is 148 Å². The number of hydrogen-bond donors (Lipinski definition) is 1. The van der Waals surface area contributed by atoms with Crippen LogP contribution in [0.4, 0.5) is 4.79 Å². The van der Waals surface area contributed by atoms with E-state index in [1.165, 1.54) is 7.11 Å². The smallest absolute Gasteiger partial charge is 0.423 e. The van der Waals surface area contributed by atoms with Crippen LogP contribution in [0.2, 0.25) is 5.04 Å². The van der Waals surface area contributed by atoms with Gasteiger partial charge < -0.3 is 19.0 Å². The van der Waals surface area contributed by atoms with Crippen molar-refractivity contribution in [2.45, 2.75) is 51.2 Å². The van der Waals surface area contributed by atoms with E-state index in [4.69, 9.17) is 13.9 Å². The Morgan fingerprint density at radius 2 is 1.41 bits per heavy atom. The fraction of sp³-hybridized carbons (Fsp3) is 0.286. The van der Waals surface area contributed by atoms with Crippen molar-refractivity contribution in [1.29, 1.82) is 0 Å². The summed E-state index contributed by atoms with van der Waals surface area (Å²) in [4.78, 5) is 41.4. The number of fused-ring (bicyclic) bond motifs is 4. The Morgan fingerprint density at radius 1 is 0.810 bits per heavy atom. The van der Waals surface area contributed by atoms with Gasteiger partial charge in [0.15, 0.2) is 0 Å². The third-order valence-corrected chi connectivity index (χ3v) is 17.3. The molecule has 5 aromatic carbocycles. The summed E-state index contributed by atoms with van der Waals surface area (Å²) in [5.74, 6) is -2.65. The number of aromatic hydroxyl groups is 1. The number of hydrogen-bond acceptors (Lipinski definition) is 7. The molecule has 0 aromatic heterocycles. The van der Waals surface area contributed by atoms with Crippen LogP contribution in [0.3, 0.4) is 0 Å². The lowest BCUT2D eigenvalue weighted by atomic mass is 9.69. The summed E-state index contributed by atoms with van der Waals surface area (Å²) in [6.07, 6.45) is 2.44. The highest BCUT2D eigenvalue weighted by Gasteiger charge is 2.59. The molecule has 0 saturated carbocycles. The van der Waals surface area contributed by atoms with Gasteiger partial charge in [-0.2, -0.15) is 4.90 Å². The van der Waals surface area contributed by atoms with E-state index in [2.05, 4.69) is 87.5 Å². The number of benzene rings is 5. The molecule has 9 heteroatoms. The number of allylic oxidation sites excluding steroid dienone is 1. The van der Waals surface area contributed by atoms with Crippen molar-refractivity contribution >= 4 is 59.0 Å². The highest BCUT2D eigenvalue weighted by molar-refractivity contribution is 6.99. The maximum absolute atomic E-state index is 14.0. The second-order valence-electron chi connectivity index (χ2n) is 16.6. The summed E-state index contributed by atoms with van der Waals surface area (Å²) in [6.45, 7) is 7.22. The summed E-state index contributed by atoms with van der Waals surface area (Å²) in [6, 6.07) is 42.7. The van der Waals surface area contributed by atoms with Crippen LogP contribution < -0.4 is 10.4 Å². The van der Waals surface area contributed by atoms with E-state index in [0.29, 0.717) is 17.7 Å². The van der Waals surface area contributed by atoms with Gasteiger partial charge in [0.1, 0.15) is 5.75 Å². The van der Waals surface area contributed by atoms with Crippen molar-refractivity contribution in [3.8, 4) is 5.75 Å². The van der Waals surface area contributed by atoms with Gasteiger partial charge >= 0.3 is 6.09 Å². The number of ether oxygens (including phenoxy) is 2. The average Bonchev–Trinajstić information content (AvgIpc) is 3.78. The molecule has 2 saturated heterocycles. The van der Waals surface area contributed by atoms with E-state index < -0.39 is 44.0 Å². The first-order valence-electron chi connectivity index (χ1n) is 20.0. The summed E-state index contributed by atoms with van der Waals surface area (Å²) in [5.41, 5.74) is 5.15. The van der Waals surface area contributed by atoms with E-state index >= 15 is 0 Å². The van der Waals surface area contributed by atoms with Gasteiger partial charge in [0, 0.05) is 11.3 Å². The van der Waals surface area contributed by atoms with E-state index in [-0.39, 0.29) is 36.5 Å². The van der Waals surface area contributed by atoms with Crippen LogP contribution in [-0.2, 0) is 23.5 Å². The molecule has 2 fully saturated rings. The first kappa shape index (κ1) is 39.2. The van der Waals surface area contributed by atoms with Crippen LogP contribution in [0.25, 0.3) is 22.4 Å². The first-order chi connectivity index (χ1) is 28.0. The van der Waals surface area contributed by atoms with E-state index in [1.807, 2.05) is 60.7 Å². The van der Waals surface area contributed by atoms with Crippen LogP contribution in [0.15, 0.2) is 139 Å². The summed E-state index contributed by atoms with van der Waals surface area (Å²) in [5, 5.41) is 14.4. The summed E-state index contributed by atoms with van der Waals surface area (Å²) < 4.78 is 19.1. The van der Waals surface area contributed by atoms with Gasteiger partial charge in [-0.25, -0.2) is 4.79 Å². The molecular weight excluding hydrogens is 743 g/mol. The molecule has 0 spiro atoms. The van der Waals surface area contributed by atoms with Gasteiger partial charge in [-0.05, 0) is 74.0 Å². The second kappa shape index (κ2) is 16.0. The number of carbonyl (C=O) groups excluding carboxylic acids is 3. The lowest BCUT2D eigenvalue weighted by Gasteiger charge is -2.44. The lowest BCUT2D eigenvalue weighted by molar-refractivity contribution is -0.137. The number of imide groups is 3. The fourth-order valence-corrected chi connectivity index (χ4v) is 14.2. The van der Waals surface area contributed by atoms with Crippen molar-refractivity contribution in [3.05, 3.63) is 150 Å². The zero-order chi connectivity index (χ0) is 40.6. The molecule has 2 heterocycles. The van der Waals surface area contributed by atoms with Crippen LogP contribution in [0, 0.1) is 17.8 Å². The monoisotopic (exact) mass is 791 g/mol. The third-order valence-electron chi connectivity index (χ3n) is 12.3. The molecule has 8 nitrogen and oxygen atoms in total. The Labute approximate surface area is 340 Å². The quantitative estimate of drug-likeness (QED) is 0.0655. The van der Waals surface area contributed by atoms with Gasteiger partial charge in [0.05, 0.1) is 38.3 Å². The van der Waals surface area contributed by atoms with Gasteiger partial charge in [-0.3, -0.25) is 9.59 Å². The Balaban J connectivity index is 1.20. The topological polar surface area (TPSA) is 102 Å². The molecule has 1 aliphatic carbocycles. The van der Waals surface area contributed by atoms with Crippen molar-refractivity contribution in [2.75, 3.05) is 20.3 Å². The largest absolute Gasteiger partial charge is 0.507 e. The van der Waals surface area contributed by atoms with Gasteiger partial charge in [0.2, 0.25) is 11.8 Å². The number of phenolic OH excluding ortho intramolecular Hbond substituents is 1. The third kappa shape index (κ3) is 6.91. The summed E-state index contributed by atoms with van der Waals surface area (Å²) in [7, 11) is -1.80. The zero-order valence-corrected chi connectivity index (χ0v) is 34.4. The normalized spacial score (nSPS) is 21.0. The zero-order valence-electron chi connectivity index (χ0n) is 33.4. The number of amides is 3. The predicted molar refractivity (Wildman–Crippen MR) is 229 cm³/mol. The minimum Gasteiger partial charge on any atom is -0.507 e. The minimum absolute atomic E-state index is 0.237. The maximum Gasteiger partial charge on any atom is 0.423 e. The molecule has 0 radical (unpaired) electrons. The Kier molecular flexibility index (Phi) is 10.8. The molecule has 2 aliphatic heterocycles. The van der Waals surface area contributed by atoms with Crippen LogP contribution in [0.1, 0.15) is 51.2 Å². The van der Waals surface area contributed by atoms with Crippen molar-refractivity contribution in [1.82, 2.24) is 4.90 Å².